The van der Waals surface area contributed by atoms with Crippen LogP contribution in [0, 0.1) is 0 Å². The van der Waals surface area contributed by atoms with E-state index in [1.165, 1.54) is 104 Å². The van der Waals surface area contributed by atoms with Crippen LogP contribution < -0.4 is 20.7 Å². The fourth-order valence-corrected chi connectivity index (χ4v) is 16.9. The molecule has 0 saturated heterocycles. The van der Waals surface area contributed by atoms with E-state index in [-0.39, 0.29) is 11.8 Å². The van der Waals surface area contributed by atoms with E-state index in [1.807, 2.05) is 0 Å². The summed E-state index contributed by atoms with van der Waals surface area (Å²) in [5, 5.41) is 8.21. The van der Waals surface area contributed by atoms with Crippen LogP contribution in [0.3, 0.4) is 0 Å². The lowest BCUT2D eigenvalue weighted by Gasteiger charge is -2.47. The second-order valence-electron chi connectivity index (χ2n) is 17.4. The van der Waals surface area contributed by atoms with Crippen molar-refractivity contribution in [2.24, 2.45) is 0 Å². The van der Waals surface area contributed by atoms with E-state index in [2.05, 4.69) is 253 Å². The van der Waals surface area contributed by atoms with Gasteiger partial charge in [-0.25, -0.2) is 0 Å². The lowest BCUT2D eigenvalue weighted by atomic mass is 9.60. The van der Waals surface area contributed by atoms with Gasteiger partial charge in [0.1, 0.15) is 0 Å². The molecule has 0 fully saturated rings. The Morgan fingerprint density at radius 3 is 1.47 bits per heavy atom. The Labute approximate surface area is 375 Å². The first kappa shape index (κ1) is 36.8. The normalized spacial score (nSPS) is 14.9. The minimum Gasteiger partial charge on any atom is -0.309 e. The van der Waals surface area contributed by atoms with Gasteiger partial charge in [0, 0.05) is 28.3 Å². The van der Waals surface area contributed by atoms with Gasteiger partial charge < -0.3 is 4.57 Å². The fourth-order valence-electron chi connectivity index (χ4n) is 11.9. The summed E-state index contributed by atoms with van der Waals surface area (Å²) in [5.74, 6) is 0.161. The molecular formula is C62H43NSi. The summed E-state index contributed by atoms with van der Waals surface area (Å²) in [4.78, 5) is 0. The first-order valence-corrected chi connectivity index (χ1v) is 24.5. The van der Waals surface area contributed by atoms with Crippen molar-refractivity contribution < 1.29 is 0 Å². The Balaban J connectivity index is 1.07. The Hall–Kier alpha value is -7.78. The summed E-state index contributed by atoms with van der Waals surface area (Å²) in [6.45, 7) is 0. The number of aromatic nitrogens is 1. The Morgan fingerprint density at radius 1 is 0.312 bits per heavy atom. The van der Waals surface area contributed by atoms with Gasteiger partial charge in [0.25, 0.3) is 0 Å². The van der Waals surface area contributed by atoms with Gasteiger partial charge in [-0.05, 0) is 107 Å². The first-order valence-electron chi connectivity index (χ1n) is 22.5. The van der Waals surface area contributed by atoms with Crippen LogP contribution in [-0.4, -0.2) is 12.6 Å². The van der Waals surface area contributed by atoms with E-state index < -0.39 is 8.07 Å². The summed E-state index contributed by atoms with van der Waals surface area (Å²) >= 11 is 0. The molecule has 0 aliphatic heterocycles. The molecule has 0 radical (unpaired) electrons. The van der Waals surface area contributed by atoms with E-state index in [1.54, 1.807) is 0 Å². The summed E-state index contributed by atoms with van der Waals surface area (Å²) in [5.41, 5.74) is 17.3. The second-order valence-corrected chi connectivity index (χ2v) is 21.2. The quantitative estimate of drug-likeness (QED) is 0.111. The lowest BCUT2D eigenvalue weighted by molar-refractivity contribution is 0.760. The van der Waals surface area contributed by atoms with Crippen LogP contribution in [0.4, 0.5) is 0 Å². The number of rotatable bonds is 7. The molecule has 64 heavy (non-hydrogen) atoms. The molecule has 0 amide bonds. The molecule has 10 aromatic carbocycles. The third-order valence-electron chi connectivity index (χ3n) is 14.3. The SMILES string of the molecule is c1ccc(-n2c3ccccc3c3cc(-c4ccccc4-c4cccc5c4C4c6ccccc6C5c5cccc([Si](c6ccccc6)(c6ccccc6)c6ccccc6)c54)ccc32)cc1. The van der Waals surface area contributed by atoms with Gasteiger partial charge in [-0.2, -0.15) is 0 Å². The summed E-state index contributed by atoms with van der Waals surface area (Å²) in [7, 11) is -2.89. The highest BCUT2D eigenvalue weighted by Gasteiger charge is 2.49. The van der Waals surface area contributed by atoms with Crippen molar-refractivity contribution in [3.8, 4) is 27.9 Å². The lowest BCUT2D eigenvalue weighted by Crippen LogP contribution is -2.75. The van der Waals surface area contributed by atoms with Crippen LogP contribution >= 0.6 is 0 Å². The molecule has 0 N–H and O–H groups in total. The predicted octanol–water partition coefficient (Wildman–Crippen LogP) is 12.5. The standard InChI is InChI=1S/C62H43NSi/c1-5-21-43(22-6-1)63-56-37-18-17-31-49(56)55-41-42(39-40-57(55)63)47-29-13-14-30-48(47)50-34-19-35-53-59-51-32-15-16-33-52(51)62(60(50)53)61-54(59)36-20-38-58(61)64(44-23-7-2-8-24-44,45-25-9-3-10-26-45)46-27-11-4-12-28-46/h1-41,59,62H. The molecule has 11 aromatic rings. The van der Waals surface area contributed by atoms with Crippen LogP contribution in [0.2, 0.25) is 0 Å². The highest BCUT2D eigenvalue weighted by Crippen LogP contribution is 2.58. The largest absolute Gasteiger partial charge is 0.309 e. The maximum Gasteiger partial charge on any atom is 0.179 e. The van der Waals surface area contributed by atoms with Gasteiger partial charge in [-0.3, -0.25) is 0 Å². The number of hydrogen-bond donors (Lipinski definition) is 0. The van der Waals surface area contributed by atoms with Gasteiger partial charge >= 0.3 is 0 Å². The van der Waals surface area contributed by atoms with Crippen LogP contribution in [-0.2, 0) is 0 Å². The molecule has 3 aliphatic carbocycles. The molecule has 2 heteroatoms. The van der Waals surface area contributed by atoms with Crippen molar-refractivity contribution in [3.63, 3.8) is 0 Å². The van der Waals surface area contributed by atoms with Crippen LogP contribution in [0.5, 0.6) is 0 Å². The van der Waals surface area contributed by atoms with Crippen molar-refractivity contribution in [2.75, 3.05) is 0 Å². The Bertz CT molecular complexity index is 3460. The van der Waals surface area contributed by atoms with Crippen LogP contribution in [0.1, 0.15) is 45.2 Å². The number of para-hydroxylation sites is 2. The van der Waals surface area contributed by atoms with Crippen molar-refractivity contribution in [2.45, 2.75) is 11.8 Å². The van der Waals surface area contributed by atoms with Gasteiger partial charge in [0.2, 0.25) is 0 Å². The highest BCUT2D eigenvalue weighted by molar-refractivity contribution is 7.20. The maximum absolute atomic E-state index is 2.89. The average molecular weight is 830 g/mol. The molecule has 2 unspecified atom stereocenters. The van der Waals surface area contributed by atoms with Crippen LogP contribution in [0.25, 0.3) is 49.7 Å². The molecular weight excluding hydrogens is 787 g/mol. The van der Waals surface area contributed by atoms with E-state index in [9.17, 15) is 0 Å². The molecule has 0 saturated carbocycles. The van der Waals surface area contributed by atoms with Crippen molar-refractivity contribution in [3.05, 3.63) is 282 Å². The fraction of sp³-hybridized carbons (Fsp3) is 0.0323. The highest BCUT2D eigenvalue weighted by atomic mass is 28.3. The van der Waals surface area contributed by atoms with Gasteiger partial charge in [0.15, 0.2) is 8.07 Å². The monoisotopic (exact) mass is 829 g/mol. The third-order valence-corrected chi connectivity index (χ3v) is 19.2. The molecule has 14 rings (SSSR count). The van der Waals surface area contributed by atoms with Crippen molar-refractivity contribution >= 4 is 50.6 Å². The third kappa shape index (κ3) is 5.30. The maximum atomic E-state index is 2.50. The minimum atomic E-state index is -2.89. The average Bonchev–Trinajstić information content (AvgIpc) is 3.71. The molecule has 2 bridgehead atoms. The molecule has 1 nitrogen and oxygen atoms in total. The number of fused-ring (bicyclic) bond motifs is 3. The number of nitrogens with zero attached hydrogens (tertiary/aromatic N) is 1. The van der Waals surface area contributed by atoms with Gasteiger partial charge in [-0.1, -0.05) is 218 Å². The van der Waals surface area contributed by atoms with Gasteiger partial charge in [-0.15, -0.1) is 0 Å². The van der Waals surface area contributed by atoms with E-state index in [4.69, 9.17) is 0 Å². The second kappa shape index (κ2) is 14.7. The minimum absolute atomic E-state index is 0.0426. The van der Waals surface area contributed by atoms with E-state index in [0.29, 0.717) is 0 Å². The molecule has 0 spiro atoms. The zero-order valence-electron chi connectivity index (χ0n) is 35.3. The molecule has 3 aliphatic rings. The predicted molar refractivity (Wildman–Crippen MR) is 270 cm³/mol. The topological polar surface area (TPSA) is 4.93 Å². The molecule has 1 aromatic heterocycles. The van der Waals surface area contributed by atoms with Crippen molar-refractivity contribution in [1.29, 1.82) is 0 Å². The van der Waals surface area contributed by atoms with E-state index >= 15 is 0 Å². The Kier molecular flexibility index (Phi) is 8.44. The summed E-state index contributed by atoms with van der Waals surface area (Å²) < 4.78 is 2.40. The smallest absolute Gasteiger partial charge is 0.179 e. The van der Waals surface area contributed by atoms with E-state index in [0.717, 1.165) is 0 Å². The zero-order chi connectivity index (χ0) is 42.2. The summed E-state index contributed by atoms with van der Waals surface area (Å²) in [6, 6.07) is 93.8. The molecule has 300 valence electrons. The first-order chi connectivity index (χ1) is 31.8. The van der Waals surface area contributed by atoms with Crippen LogP contribution in [0.15, 0.2) is 249 Å². The molecule has 2 atom stereocenters. The zero-order valence-corrected chi connectivity index (χ0v) is 36.3. The molecule has 1 heterocycles. The Morgan fingerprint density at radius 2 is 0.797 bits per heavy atom. The number of hydrogen-bond acceptors (Lipinski definition) is 0. The van der Waals surface area contributed by atoms with Crippen molar-refractivity contribution in [1.82, 2.24) is 4.57 Å². The van der Waals surface area contributed by atoms with Gasteiger partial charge in [0.05, 0.1) is 11.0 Å². The summed E-state index contributed by atoms with van der Waals surface area (Å²) in [6.07, 6.45) is 0. The number of benzene rings is 10.